The Hall–Kier alpha value is -1.65. The molecule has 0 aliphatic rings. The van der Waals surface area contributed by atoms with E-state index in [0.717, 1.165) is 32.5 Å². The van der Waals surface area contributed by atoms with E-state index in [2.05, 4.69) is 43.0 Å². The molecule has 1 heterocycles. The summed E-state index contributed by atoms with van der Waals surface area (Å²) in [5.74, 6) is 1.02. The summed E-state index contributed by atoms with van der Waals surface area (Å²) in [5, 5.41) is 3.15. The molecule has 0 atom stereocenters. The van der Waals surface area contributed by atoms with Crippen LogP contribution in [0.15, 0.2) is 12.3 Å². The van der Waals surface area contributed by atoms with Gasteiger partial charge in [0.1, 0.15) is 5.69 Å². The number of anilines is 1. The molecule has 0 radical (unpaired) electrons. The highest BCUT2D eigenvalue weighted by atomic mass is 16.2. The van der Waals surface area contributed by atoms with Crippen molar-refractivity contribution in [1.82, 2.24) is 14.9 Å². The zero-order valence-electron chi connectivity index (χ0n) is 13.0. The van der Waals surface area contributed by atoms with E-state index in [0.29, 0.717) is 17.6 Å². The molecule has 1 aromatic rings. The van der Waals surface area contributed by atoms with Crippen LogP contribution in [-0.4, -0.2) is 40.4 Å². The largest absolute Gasteiger partial charge is 0.354 e. The Kier molecular flexibility index (Phi) is 6.98. The fraction of sp³-hybridized carbons (Fsp3) is 0.667. The highest BCUT2D eigenvalue weighted by molar-refractivity contribution is 5.92. The summed E-state index contributed by atoms with van der Waals surface area (Å²) < 4.78 is 0. The zero-order valence-corrected chi connectivity index (χ0v) is 13.0. The Bertz CT molecular complexity index is 414. The molecule has 20 heavy (non-hydrogen) atoms. The Morgan fingerprint density at radius 2 is 1.95 bits per heavy atom. The van der Waals surface area contributed by atoms with Crippen LogP contribution in [0.25, 0.3) is 0 Å². The number of carbonyl (C=O) groups is 1. The Morgan fingerprint density at radius 1 is 1.30 bits per heavy atom. The summed E-state index contributed by atoms with van der Waals surface area (Å²) in [6.07, 6.45) is 3.55. The second kappa shape index (κ2) is 8.51. The minimum Gasteiger partial charge on any atom is -0.354 e. The van der Waals surface area contributed by atoms with Crippen molar-refractivity contribution >= 4 is 11.9 Å². The molecule has 0 aromatic carbocycles. The maximum absolute atomic E-state index is 12.4. The van der Waals surface area contributed by atoms with Crippen molar-refractivity contribution in [3.8, 4) is 0 Å². The van der Waals surface area contributed by atoms with Crippen LogP contribution in [0.3, 0.4) is 0 Å². The second-order valence-corrected chi connectivity index (χ2v) is 5.33. The second-order valence-electron chi connectivity index (χ2n) is 5.33. The summed E-state index contributed by atoms with van der Waals surface area (Å²) >= 11 is 0. The van der Waals surface area contributed by atoms with Gasteiger partial charge in [0.2, 0.25) is 5.95 Å². The number of rotatable bonds is 8. The first kappa shape index (κ1) is 16.4. The van der Waals surface area contributed by atoms with E-state index in [4.69, 9.17) is 0 Å². The minimum absolute atomic E-state index is 0.0105. The molecule has 0 aliphatic heterocycles. The first-order valence-corrected chi connectivity index (χ1v) is 7.44. The first-order valence-electron chi connectivity index (χ1n) is 7.44. The molecular formula is C15H26N4O. The molecule has 0 fully saturated rings. The van der Waals surface area contributed by atoms with Gasteiger partial charge in [0.25, 0.3) is 5.91 Å². The molecule has 1 amide bonds. The van der Waals surface area contributed by atoms with Gasteiger partial charge in [0.05, 0.1) is 0 Å². The molecular weight excluding hydrogens is 252 g/mol. The van der Waals surface area contributed by atoms with E-state index < -0.39 is 0 Å². The average molecular weight is 278 g/mol. The molecule has 5 nitrogen and oxygen atoms in total. The summed E-state index contributed by atoms with van der Waals surface area (Å²) in [5.41, 5.74) is 0.466. The first-order chi connectivity index (χ1) is 9.58. The summed E-state index contributed by atoms with van der Waals surface area (Å²) in [6.45, 7) is 10.7. The predicted octanol–water partition coefficient (Wildman–Crippen LogP) is 2.81. The molecule has 0 spiro atoms. The van der Waals surface area contributed by atoms with Gasteiger partial charge in [-0.05, 0) is 24.8 Å². The molecule has 0 unspecified atom stereocenters. The highest BCUT2D eigenvalue weighted by Gasteiger charge is 2.16. The van der Waals surface area contributed by atoms with Crippen LogP contribution < -0.4 is 5.32 Å². The van der Waals surface area contributed by atoms with Crippen LogP contribution in [-0.2, 0) is 0 Å². The van der Waals surface area contributed by atoms with Crippen molar-refractivity contribution in [3.63, 3.8) is 0 Å². The molecule has 1 rings (SSSR count). The van der Waals surface area contributed by atoms with Crippen molar-refractivity contribution in [2.75, 3.05) is 25.0 Å². The van der Waals surface area contributed by atoms with E-state index in [1.54, 1.807) is 12.3 Å². The molecule has 1 aromatic heterocycles. The summed E-state index contributed by atoms with van der Waals surface area (Å²) in [7, 11) is 0. The van der Waals surface area contributed by atoms with Crippen molar-refractivity contribution in [3.05, 3.63) is 18.0 Å². The van der Waals surface area contributed by atoms with Crippen LogP contribution in [0.4, 0.5) is 5.95 Å². The van der Waals surface area contributed by atoms with E-state index in [9.17, 15) is 4.79 Å². The quantitative estimate of drug-likeness (QED) is 0.794. The van der Waals surface area contributed by atoms with E-state index >= 15 is 0 Å². The summed E-state index contributed by atoms with van der Waals surface area (Å²) in [6, 6.07) is 1.68. The van der Waals surface area contributed by atoms with Gasteiger partial charge in [0.15, 0.2) is 0 Å². The lowest BCUT2D eigenvalue weighted by molar-refractivity contribution is 0.0749. The Morgan fingerprint density at radius 3 is 2.50 bits per heavy atom. The lowest BCUT2D eigenvalue weighted by atomic mass is 10.2. The number of aromatic nitrogens is 2. The zero-order chi connectivity index (χ0) is 15.0. The molecule has 0 saturated heterocycles. The van der Waals surface area contributed by atoms with Crippen molar-refractivity contribution < 1.29 is 4.79 Å². The minimum atomic E-state index is -0.0105. The van der Waals surface area contributed by atoms with Crippen LogP contribution in [0.2, 0.25) is 0 Å². The third-order valence-corrected chi connectivity index (χ3v) is 2.82. The molecule has 0 saturated carbocycles. The summed E-state index contributed by atoms with van der Waals surface area (Å²) in [4.78, 5) is 22.7. The van der Waals surface area contributed by atoms with Crippen molar-refractivity contribution in [1.29, 1.82) is 0 Å². The van der Waals surface area contributed by atoms with Crippen LogP contribution in [0, 0.1) is 5.92 Å². The van der Waals surface area contributed by atoms with Crippen LogP contribution in [0.5, 0.6) is 0 Å². The number of hydrogen-bond donors (Lipinski definition) is 1. The number of hydrogen-bond acceptors (Lipinski definition) is 4. The van der Waals surface area contributed by atoms with Crippen LogP contribution in [0.1, 0.15) is 51.0 Å². The molecule has 1 N–H and O–H groups in total. The fourth-order valence-corrected chi connectivity index (χ4v) is 1.88. The third kappa shape index (κ3) is 5.15. The Balaban J connectivity index is 2.78. The molecule has 0 aliphatic carbocycles. The maximum atomic E-state index is 12.4. The maximum Gasteiger partial charge on any atom is 0.272 e. The van der Waals surface area contributed by atoms with Gasteiger partial charge in [-0.3, -0.25) is 4.79 Å². The molecule has 0 bridgehead atoms. The third-order valence-electron chi connectivity index (χ3n) is 2.82. The molecule has 5 heteroatoms. The normalized spacial score (nSPS) is 10.7. The molecule has 112 valence electrons. The van der Waals surface area contributed by atoms with Gasteiger partial charge in [-0.15, -0.1) is 0 Å². The van der Waals surface area contributed by atoms with Gasteiger partial charge in [-0.2, -0.15) is 0 Å². The van der Waals surface area contributed by atoms with Gasteiger partial charge in [0, 0.05) is 25.8 Å². The SMILES string of the molecule is CCCN(CCC)C(=O)c1ccnc(NCC(C)C)n1. The fourth-order valence-electron chi connectivity index (χ4n) is 1.88. The van der Waals surface area contributed by atoms with E-state index in [1.165, 1.54) is 0 Å². The number of nitrogens with one attached hydrogen (secondary N) is 1. The van der Waals surface area contributed by atoms with Gasteiger partial charge in [-0.25, -0.2) is 9.97 Å². The Labute approximate surface area is 121 Å². The standard InChI is InChI=1S/C15H26N4O/c1-5-9-19(10-6-2)14(20)13-7-8-16-15(18-13)17-11-12(3)4/h7-8,12H,5-6,9-11H2,1-4H3,(H,16,17,18). The van der Waals surface area contributed by atoms with E-state index in [-0.39, 0.29) is 5.91 Å². The van der Waals surface area contributed by atoms with Gasteiger partial charge >= 0.3 is 0 Å². The van der Waals surface area contributed by atoms with Crippen molar-refractivity contribution in [2.24, 2.45) is 5.92 Å². The predicted molar refractivity (Wildman–Crippen MR) is 81.8 cm³/mol. The van der Waals surface area contributed by atoms with Crippen molar-refractivity contribution in [2.45, 2.75) is 40.5 Å². The number of amides is 1. The lowest BCUT2D eigenvalue weighted by Gasteiger charge is -2.21. The van der Waals surface area contributed by atoms with Crippen LogP contribution >= 0.6 is 0 Å². The van der Waals surface area contributed by atoms with Gasteiger partial charge in [-0.1, -0.05) is 27.7 Å². The smallest absolute Gasteiger partial charge is 0.272 e. The lowest BCUT2D eigenvalue weighted by Crippen LogP contribution is -2.33. The number of carbonyl (C=O) groups excluding carboxylic acids is 1. The monoisotopic (exact) mass is 278 g/mol. The average Bonchev–Trinajstić information content (AvgIpc) is 2.44. The van der Waals surface area contributed by atoms with Gasteiger partial charge < -0.3 is 10.2 Å². The topological polar surface area (TPSA) is 58.1 Å². The van der Waals surface area contributed by atoms with E-state index in [1.807, 2.05) is 4.90 Å². The number of nitrogens with zero attached hydrogens (tertiary/aromatic N) is 3. The highest BCUT2D eigenvalue weighted by Crippen LogP contribution is 2.07.